The van der Waals surface area contributed by atoms with Crippen molar-refractivity contribution in [1.82, 2.24) is 4.90 Å². The van der Waals surface area contributed by atoms with Gasteiger partial charge in [-0.05, 0) is 80.5 Å². The van der Waals surface area contributed by atoms with Crippen molar-refractivity contribution in [3.05, 3.63) is 58.6 Å². The van der Waals surface area contributed by atoms with Crippen molar-refractivity contribution in [3.63, 3.8) is 0 Å². The van der Waals surface area contributed by atoms with Crippen molar-refractivity contribution in [2.24, 2.45) is 5.92 Å². The Morgan fingerprint density at radius 1 is 0.935 bits per heavy atom. The van der Waals surface area contributed by atoms with E-state index in [9.17, 15) is 9.59 Å². The maximum Gasteiger partial charge on any atom is 0.256 e. The van der Waals surface area contributed by atoms with Gasteiger partial charge in [0.1, 0.15) is 0 Å². The number of likely N-dealkylation sites (tertiary alicyclic amines) is 1. The van der Waals surface area contributed by atoms with E-state index in [-0.39, 0.29) is 11.8 Å². The van der Waals surface area contributed by atoms with Crippen LogP contribution in [0.1, 0.15) is 59.7 Å². The molecule has 0 aromatic heterocycles. The fourth-order valence-electron chi connectivity index (χ4n) is 4.38. The molecule has 0 unspecified atom stereocenters. The number of halogens is 1. The summed E-state index contributed by atoms with van der Waals surface area (Å²) in [5.74, 6) is 0.568. The van der Waals surface area contributed by atoms with Crippen LogP contribution in [0.15, 0.2) is 42.5 Å². The Bertz CT molecular complexity index is 930. The monoisotopic (exact) mass is 439 g/mol. The number of nitrogens with one attached hydrogen (secondary N) is 1. The molecule has 0 saturated carbocycles. The smallest absolute Gasteiger partial charge is 0.256 e. The van der Waals surface area contributed by atoms with Gasteiger partial charge < -0.3 is 15.1 Å². The Balaban J connectivity index is 1.60. The van der Waals surface area contributed by atoms with E-state index < -0.39 is 0 Å². The molecule has 2 aromatic carbocycles. The maximum atomic E-state index is 13.4. The molecule has 6 heteroatoms. The number of carbonyl (C=O) groups is 2. The van der Waals surface area contributed by atoms with Crippen molar-refractivity contribution < 1.29 is 9.59 Å². The van der Waals surface area contributed by atoms with Crippen LogP contribution in [0, 0.1) is 5.92 Å². The van der Waals surface area contributed by atoms with Crippen LogP contribution in [-0.4, -0.2) is 42.9 Å². The summed E-state index contributed by atoms with van der Waals surface area (Å²) >= 11 is 5.93. The molecule has 2 amide bonds. The molecule has 1 N–H and O–H groups in total. The molecule has 0 spiro atoms. The standard InChI is InChI=1S/C25H30ClN3O2/c1-18-11-15-28(16-12-18)23-10-9-21(27-24(30)19-5-7-20(26)8-6-19)17-22(23)25(31)29-13-3-2-4-14-29/h5-10,17-18H,2-4,11-16H2,1H3,(H,27,30). The number of benzene rings is 2. The molecule has 2 aliphatic rings. The van der Waals surface area contributed by atoms with E-state index in [1.165, 1.54) is 6.42 Å². The zero-order valence-corrected chi connectivity index (χ0v) is 18.8. The lowest BCUT2D eigenvalue weighted by Gasteiger charge is -2.35. The van der Waals surface area contributed by atoms with Gasteiger partial charge in [-0.15, -0.1) is 0 Å². The van der Waals surface area contributed by atoms with Gasteiger partial charge in [0.2, 0.25) is 0 Å². The first-order valence-electron chi connectivity index (χ1n) is 11.3. The zero-order valence-electron chi connectivity index (χ0n) is 18.1. The third kappa shape index (κ3) is 5.21. The molecule has 2 saturated heterocycles. The lowest BCUT2D eigenvalue weighted by molar-refractivity contribution is 0.0724. The zero-order chi connectivity index (χ0) is 21.8. The number of carbonyl (C=O) groups excluding carboxylic acids is 2. The van der Waals surface area contributed by atoms with Crippen LogP contribution >= 0.6 is 11.6 Å². The van der Waals surface area contributed by atoms with E-state index in [1.807, 2.05) is 23.1 Å². The first-order valence-corrected chi connectivity index (χ1v) is 11.6. The quantitative estimate of drug-likeness (QED) is 0.688. The normalized spacial score (nSPS) is 17.5. The molecule has 5 nitrogen and oxygen atoms in total. The second-order valence-electron chi connectivity index (χ2n) is 8.72. The highest BCUT2D eigenvalue weighted by molar-refractivity contribution is 6.30. The Morgan fingerprint density at radius 2 is 1.61 bits per heavy atom. The topological polar surface area (TPSA) is 52.7 Å². The predicted molar refractivity (Wildman–Crippen MR) is 126 cm³/mol. The maximum absolute atomic E-state index is 13.4. The van der Waals surface area contributed by atoms with Crippen LogP contribution in [0.3, 0.4) is 0 Å². The molecule has 164 valence electrons. The van der Waals surface area contributed by atoms with Crippen LogP contribution in [0.4, 0.5) is 11.4 Å². The van der Waals surface area contributed by atoms with Crippen LogP contribution in [0.2, 0.25) is 5.02 Å². The number of piperidine rings is 2. The molecule has 0 bridgehead atoms. The molecule has 0 atom stereocenters. The minimum Gasteiger partial charge on any atom is -0.371 e. The van der Waals surface area contributed by atoms with Crippen LogP contribution < -0.4 is 10.2 Å². The van der Waals surface area contributed by atoms with Crippen LogP contribution in [0.5, 0.6) is 0 Å². The molecule has 4 rings (SSSR count). The fourth-order valence-corrected chi connectivity index (χ4v) is 4.51. The summed E-state index contributed by atoms with van der Waals surface area (Å²) < 4.78 is 0. The largest absolute Gasteiger partial charge is 0.371 e. The Morgan fingerprint density at radius 3 is 2.29 bits per heavy atom. The Kier molecular flexibility index (Phi) is 6.81. The number of hydrogen-bond acceptors (Lipinski definition) is 3. The van der Waals surface area contributed by atoms with E-state index >= 15 is 0 Å². The lowest BCUT2D eigenvalue weighted by Crippen LogP contribution is -2.38. The first-order chi connectivity index (χ1) is 15.0. The number of nitrogens with zero attached hydrogens (tertiary/aromatic N) is 2. The van der Waals surface area contributed by atoms with Crippen molar-refractivity contribution in [2.45, 2.75) is 39.0 Å². The minimum absolute atomic E-state index is 0.0657. The Labute approximate surface area is 189 Å². The van der Waals surface area contributed by atoms with E-state index in [0.717, 1.165) is 63.5 Å². The molecule has 2 aromatic rings. The van der Waals surface area contributed by atoms with Gasteiger partial charge >= 0.3 is 0 Å². The number of amides is 2. The summed E-state index contributed by atoms with van der Waals surface area (Å²) in [7, 11) is 0. The van der Waals surface area contributed by atoms with E-state index in [2.05, 4.69) is 17.1 Å². The molecule has 0 aliphatic carbocycles. The third-order valence-electron chi connectivity index (χ3n) is 6.36. The number of hydrogen-bond donors (Lipinski definition) is 1. The molecule has 2 heterocycles. The van der Waals surface area contributed by atoms with Crippen LogP contribution in [-0.2, 0) is 0 Å². The lowest BCUT2D eigenvalue weighted by atomic mass is 9.97. The number of anilines is 2. The van der Waals surface area contributed by atoms with Crippen molar-refractivity contribution in [2.75, 3.05) is 36.4 Å². The minimum atomic E-state index is -0.215. The van der Waals surface area contributed by atoms with Crippen LogP contribution in [0.25, 0.3) is 0 Å². The average Bonchev–Trinajstić information content (AvgIpc) is 2.80. The molecular formula is C25H30ClN3O2. The van der Waals surface area contributed by atoms with Crippen molar-refractivity contribution in [3.8, 4) is 0 Å². The Hall–Kier alpha value is -2.53. The van der Waals surface area contributed by atoms with Gasteiger partial charge in [0.15, 0.2) is 0 Å². The number of rotatable bonds is 4. The SMILES string of the molecule is CC1CCN(c2ccc(NC(=O)c3ccc(Cl)cc3)cc2C(=O)N2CCCCC2)CC1. The van der Waals surface area contributed by atoms with Gasteiger partial charge in [0, 0.05) is 48.1 Å². The van der Waals surface area contributed by atoms with Crippen molar-refractivity contribution in [1.29, 1.82) is 0 Å². The van der Waals surface area contributed by atoms with Gasteiger partial charge in [-0.2, -0.15) is 0 Å². The second-order valence-corrected chi connectivity index (χ2v) is 9.15. The summed E-state index contributed by atoms with van der Waals surface area (Å²) in [5, 5.41) is 3.53. The highest BCUT2D eigenvalue weighted by Gasteiger charge is 2.25. The second kappa shape index (κ2) is 9.73. The summed E-state index contributed by atoms with van der Waals surface area (Å²) in [4.78, 5) is 30.4. The van der Waals surface area contributed by atoms with Gasteiger partial charge in [-0.3, -0.25) is 9.59 Å². The van der Waals surface area contributed by atoms with Gasteiger partial charge in [0.25, 0.3) is 11.8 Å². The molecule has 2 aliphatic heterocycles. The summed E-state index contributed by atoms with van der Waals surface area (Å²) in [6, 6.07) is 12.5. The highest BCUT2D eigenvalue weighted by atomic mass is 35.5. The molecule has 31 heavy (non-hydrogen) atoms. The van der Waals surface area contributed by atoms with Gasteiger partial charge in [0.05, 0.1) is 5.56 Å². The fraction of sp³-hybridized carbons (Fsp3) is 0.440. The molecule has 0 radical (unpaired) electrons. The average molecular weight is 440 g/mol. The van der Waals surface area contributed by atoms with Crippen molar-refractivity contribution >= 4 is 34.8 Å². The first kappa shape index (κ1) is 21.7. The van der Waals surface area contributed by atoms with Gasteiger partial charge in [-0.25, -0.2) is 0 Å². The van der Waals surface area contributed by atoms with E-state index in [1.54, 1.807) is 24.3 Å². The molecule has 2 fully saturated rings. The predicted octanol–water partition coefficient (Wildman–Crippen LogP) is 5.45. The van der Waals surface area contributed by atoms with E-state index in [0.29, 0.717) is 21.8 Å². The highest BCUT2D eigenvalue weighted by Crippen LogP contribution is 2.30. The molecular weight excluding hydrogens is 410 g/mol. The van der Waals surface area contributed by atoms with E-state index in [4.69, 9.17) is 11.6 Å². The summed E-state index contributed by atoms with van der Waals surface area (Å²) in [6.45, 7) is 5.80. The van der Waals surface area contributed by atoms with Gasteiger partial charge in [-0.1, -0.05) is 18.5 Å². The summed E-state index contributed by atoms with van der Waals surface area (Å²) in [5.41, 5.74) is 2.83. The third-order valence-corrected chi connectivity index (χ3v) is 6.61. The summed E-state index contributed by atoms with van der Waals surface area (Å²) in [6.07, 6.45) is 5.54.